The normalized spacial score (nSPS) is 15.5. The highest BCUT2D eigenvalue weighted by atomic mass is 35.5. The molecule has 1 aromatic heterocycles. The molecule has 0 N–H and O–H groups in total. The van der Waals surface area contributed by atoms with E-state index in [2.05, 4.69) is 15.4 Å². The third-order valence-corrected chi connectivity index (χ3v) is 9.78. The number of rotatable bonds is 11. The van der Waals surface area contributed by atoms with Crippen molar-refractivity contribution in [2.24, 2.45) is 5.92 Å². The monoisotopic (exact) mass is 665 g/mol. The second-order valence-electron chi connectivity index (χ2n) is 9.63. The number of ether oxygens (including phenoxy) is 3. The van der Waals surface area contributed by atoms with Gasteiger partial charge >= 0.3 is 0 Å². The first-order valence-electron chi connectivity index (χ1n) is 13.2. The summed E-state index contributed by atoms with van der Waals surface area (Å²) in [5.41, 5.74) is 2.62. The Kier molecular flexibility index (Phi) is 10.2. The molecule has 0 radical (unpaired) electrons. The van der Waals surface area contributed by atoms with Gasteiger partial charge in [0.1, 0.15) is 28.9 Å². The third kappa shape index (κ3) is 7.29. The van der Waals surface area contributed by atoms with E-state index >= 15 is 4.39 Å². The number of anilines is 1. The summed E-state index contributed by atoms with van der Waals surface area (Å²) in [6.07, 6.45) is 4.88. The Morgan fingerprint density at radius 3 is 2.53 bits per heavy atom. The zero-order valence-corrected chi connectivity index (χ0v) is 26.3. The van der Waals surface area contributed by atoms with Gasteiger partial charge in [-0.05, 0) is 72.3 Å². The lowest BCUT2D eigenvalue weighted by atomic mass is 9.84. The summed E-state index contributed by atoms with van der Waals surface area (Å²) in [6.45, 7) is 0.276. The van der Waals surface area contributed by atoms with E-state index < -0.39 is 16.8 Å². The number of methoxy groups -OCH3 is 2. The summed E-state index contributed by atoms with van der Waals surface area (Å²) >= 11 is 13.5. The molecule has 0 spiro atoms. The first-order chi connectivity index (χ1) is 20.8. The summed E-state index contributed by atoms with van der Waals surface area (Å²) < 4.78 is 65.1. The molecule has 3 aromatic carbocycles. The molecule has 4 aromatic rings. The van der Waals surface area contributed by atoms with Crippen LogP contribution in [0.1, 0.15) is 30.4 Å². The van der Waals surface area contributed by atoms with Crippen LogP contribution in [0.4, 0.5) is 13.9 Å². The maximum absolute atomic E-state index is 15.6. The Balaban J connectivity index is 1.38. The van der Waals surface area contributed by atoms with Crippen molar-refractivity contribution in [3.63, 3.8) is 0 Å². The van der Waals surface area contributed by atoms with Gasteiger partial charge in [0.2, 0.25) is 10.4 Å². The molecule has 0 saturated carbocycles. The molecule has 2 unspecified atom stereocenters. The molecule has 1 heterocycles. The second-order valence-corrected chi connectivity index (χ2v) is 12.5. The average Bonchev–Trinajstić information content (AvgIpc) is 3.46. The van der Waals surface area contributed by atoms with E-state index in [0.717, 1.165) is 48.0 Å². The van der Waals surface area contributed by atoms with Crippen LogP contribution in [-0.2, 0) is 17.5 Å². The fourth-order valence-electron chi connectivity index (χ4n) is 4.81. The number of hydrogen-bond acceptors (Lipinski definition) is 7. The largest absolute Gasteiger partial charge is 0.497 e. The lowest BCUT2D eigenvalue weighted by Gasteiger charge is -2.25. The third-order valence-electron chi connectivity index (χ3n) is 6.97. The molecular weight excluding hydrogens is 639 g/mol. The minimum absolute atomic E-state index is 0.0178. The Hall–Kier alpha value is -3.25. The maximum atomic E-state index is 15.6. The highest BCUT2D eigenvalue weighted by Gasteiger charge is 2.27. The SMILES string of the molecule is COc1ccc(CN(c2nc(Cl)ns2)S(=O)c2cc(Cl)c(OCC3CCCC=C3c3ccc(F)cc3)cc2F)c(OC)c1. The van der Waals surface area contributed by atoms with Gasteiger partial charge in [-0.25, -0.2) is 13.0 Å². The van der Waals surface area contributed by atoms with Crippen molar-refractivity contribution in [2.45, 2.75) is 30.7 Å². The van der Waals surface area contributed by atoms with E-state index in [0.29, 0.717) is 17.1 Å². The number of benzene rings is 3. The first kappa shape index (κ1) is 31.2. The molecule has 5 rings (SSSR count). The minimum atomic E-state index is -2.11. The number of aromatic nitrogens is 2. The van der Waals surface area contributed by atoms with Gasteiger partial charge < -0.3 is 14.2 Å². The van der Waals surface area contributed by atoms with Crippen molar-refractivity contribution in [1.82, 2.24) is 9.36 Å². The van der Waals surface area contributed by atoms with E-state index in [-0.39, 0.29) is 51.0 Å². The summed E-state index contributed by atoms with van der Waals surface area (Å²) in [4.78, 5) is 4.00. The topological polar surface area (TPSA) is 73.8 Å². The number of hydrogen-bond donors (Lipinski definition) is 0. The van der Waals surface area contributed by atoms with Crippen LogP contribution in [0.5, 0.6) is 17.2 Å². The fraction of sp³-hybridized carbons (Fsp3) is 0.267. The van der Waals surface area contributed by atoms with Gasteiger partial charge in [0.15, 0.2) is 11.0 Å². The minimum Gasteiger partial charge on any atom is -0.497 e. The smallest absolute Gasteiger partial charge is 0.236 e. The molecule has 13 heteroatoms. The standard InChI is InChI=1S/C30H27Cl2F2N3O4S2/c1-39-22-12-9-19(26(13-22)40-2)16-37(30-35-29(32)36-42-30)43(38)28-14-24(31)27(15-25(28)34)41-17-20-5-3-4-6-23(20)18-7-10-21(33)11-8-18/h6-15,20H,3-5,16-17H2,1-2H3. The number of allylic oxidation sites excluding steroid dienone is 1. The van der Waals surface area contributed by atoms with Crippen LogP contribution in [0.25, 0.3) is 5.57 Å². The lowest BCUT2D eigenvalue weighted by molar-refractivity contribution is 0.267. The molecule has 1 aliphatic carbocycles. The fourth-order valence-corrected chi connectivity index (χ4v) is 7.23. The number of nitrogens with zero attached hydrogens (tertiary/aromatic N) is 3. The van der Waals surface area contributed by atoms with Crippen molar-refractivity contribution >= 4 is 56.4 Å². The van der Waals surface area contributed by atoms with Crippen molar-refractivity contribution in [3.05, 3.63) is 93.7 Å². The molecular formula is C30H27Cl2F2N3O4S2. The quantitative estimate of drug-likeness (QED) is 0.161. The van der Waals surface area contributed by atoms with Crippen molar-refractivity contribution in [2.75, 3.05) is 25.1 Å². The van der Waals surface area contributed by atoms with Gasteiger partial charge in [0.05, 0.1) is 37.3 Å². The van der Waals surface area contributed by atoms with Gasteiger partial charge in [-0.3, -0.25) is 4.31 Å². The predicted molar refractivity (Wildman–Crippen MR) is 166 cm³/mol. The highest BCUT2D eigenvalue weighted by Crippen LogP contribution is 2.37. The van der Waals surface area contributed by atoms with E-state index in [1.807, 2.05) is 0 Å². The first-order valence-corrected chi connectivity index (χ1v) is 15.9. The maximum Gasteiger partial charge on any atom is 0.236 e. The van der Waals surface area contributed by atoms with E-state index in [1.165, 1.54) is 36.7 Å². The average molecular weight is 667 g/mol. The highest BCUT2D eigenvalue weighted by molar-refractivity contribution is 7.86. The molecule has 0 saturated heterocycles. The zero-order valence-electron chi connectivity index (χ0n) is 23.2. The Morgan fingerprint density at radius 2 is 1.84 bits per heavy atom. The van der Waals surface area contributed by atoms with Crippen molar-refractivity contribution in [3.8, 4) is 17.2 Å². The van der Waals surface area contributed by atoms with Gasteiger partial charge in [0.25, 0.3) is 0 Å². The zero-order chi connectivity index (χ0) is 30.5. The molecule has 43 heavy (non-hydrogen) atoms. The molecule has 7 nitrogen and oxygen atoms in total. The van der Waals surface area contributed by atoms with Crippen molar-refractivity contribution < 1.29 is 27.2 Å². The van der Waals surface area contributed by atoms with E-state index in [4.69, 9.17) is 37.4 Å². The van der Waals surface area contributed by atoms with Crippen LogP contribution >= 0.6 is 34.7 Å². The van der Waals surface area contributed by atoms with Gasteiger partial charge in [0, 0.05) is 35.1 Å². The summed E-state index contributed by atoms with van der Waals surface area (Å²) in [7, 11) is 0.936. The van der Waals surface area contributed by atoms with Crippen LogP contribution in [0.15, 0.2) is 65.6 Å². The van der Waals surface area contributed by atoms with Gasteiger partial charge in [-0.2, -0.15) is 9.36 Å². The lowest BCUT2D eigenvalue weighted by Crippen LogP contribution is -2.26. The Labute approximate surface area is 264 Å². The Morgan fingerprint density at radius 1 is 1.05 bits per heavy atom. The van der Waals surface area contributed by atoms with E-state index in [1.54, 1.807) is 30.3 Å². The molecule has 226 valence electrons. The van der Waals surface area contributed by atoms with Gasteiger partial charge in [-0.15, -0.1) is 0 Å². The molecule has 0 amide bonds. The molecule has 0 bridgehead atoms. The van der Waals surface area contributed by atoms with Gasteiger partial charge in [-0.1, -0.05) is 29.8 Å². The van der Waals surface area contributed by atoms with Crippen LogP contribution in [0.2, 0.25) is 10.3 Å². The molecule has 2 atom stereocenters. The van der Waals surface area contributed by atoms with Crippen LogP contribution < -0.4 is 18.5 Å². The predicted octanol–water partition coefficient (Wildman–Crippen LogP) is 8.13. The molecule has 1 aliphatic rings. The summed E-state index contributed by atoms with van der Waals surface area (Å²) in [6, 6.07) is 14.0. The number of halogens is 4. The second kappa shape index (κ2) is 14.0. The Bertz CT molecular complexity index is 1650. The molecule has 0 aliphatic heterocycles. The van der Waals surface area contributed by atoms with Crippen LogP contribution in [0.3, 0.4) is 0 Å². The summed E-state index contributed by atoms with van der Waals surface area (Å²) in [5.74, 6) is 0.141. The summed E-state index contributed by atoms with van der Waals surface area (Å²) in [5, 5.41) is 0.294. The van der Waals surface area contributed by atoms with E-state index in [9.17, 15) is 8.60 Å². The van der Waals surface area contributed by atoms with Crippen LogP contribution in [0, 0.1) is 17.6 Å². The molecule has 0 fully saturated rings. The van der Waals surface area contributed by atoms with Crippen LogP contribution in [-0.4, -0.2) is 34.4 Å². The van der Waals surface area contributed by atoms with Crippen molar-refractivity contribution in [1.29, 1.82) is 0 Å².